The molecule has 27 heavy (non-hydrogen) atoms. The first-order valence-electron chi connectivity index (χ1n) is 10.4. The number of rotatable bonds is 8. The van der Waals surface area contributed by atoms with Gasteiger partial charge in [0.2, 0.25) is 0 Å². The van der Waals surface area contributed by atoms with E-state index in [1.54, 1.807) is 0 Å². The first-order valence-corrected chi connectivity index (χ1v) is 10.4. The van der Waals surface area contributed by atoms with Crippen molar-refractivity contribution in [3.05, 3.63) is 11.6 Å². The van der Waals surface area contributed by atoms with Crippen molar-refractivity contribution in [3.8, 4) is 0 Å². The van der Waals surface area contributed by atoms with E-state index in [-0.39, 0.29) is 6.04 Å². The van der Waals surface area contributed by atoms with Gasteiger partial charge in [-0.15, -0.1) is 0 Å². The summed E-state index contributed by atoms with van der Waals surface area (Å²) in [5.74, 6) is 3.36. The van der Waals surface area contributed by atoms with Gasteiger partial charge in [-0.25, -0.2) is 9.67 Å². The highest BCUT2D eigenvalue weighted by Crippen LogP contribution is 2.22. The van der Waals surface area contributed by atoms with Crippen molar-refractivity contribution in [2.75, 3.05) is 39.5 Å². The highest BCUT2D eigenvalue weighted by Gasteiger charge is 2.24. The molecule has 0 bridgehead atoms. The van der Waals surface area contributed by atoms with Crippen LogP contribution in [0.5, 0.6) is 0 Å². The molecule has 3 rings (SSSR count). The Morgan fingerprint density at radius 3 is 3.00 bits per heavy atom. The minimum atomic E-state index is 0.169. The third kappa shape index (κ3) is 6.17. The number of guanidine groups is 1. The standard InChI is InChI=1S/C19H34N6O2/c1-3-20-19(21-9-5-11-27-14-16-7-12-26-13-8-16)23-17-6-4-10-25-18(17)22-15(2)24-25/h16-17H,3-14H2,1-2H3,(H2,20,21,23). The fraction of sp³-hybridized carbons (Fsp3) is 0.842. The SMILES string of the molecule is CCNC(=NCCCOCC1CCOCC1)NC1CCCn2nc(C)nc21. The Labute approximate surface area is 162 Å². The number of ether oxygens (including phenoxy) is 2. The normalized spacial score (nSPS) is 21.1. The van der Waals surface area contributed by atoms with Gasteiger partial charge in [0.15, 0.2) is 5.96 Å². The van der Waals surface area contributed by atoms with Crippen molar-refractivity contribution in [1.29, 1.82) is 0 Å². The summed E-state index contributed by atoms with van der Waals surface area (Å²) in [5.41, 5.74) is 0. The number of hydrogen-bond acceptors (Lipinski definition) is 5. The predicted octanol–water partition coefficient (Wildman–Crippen LogP) is 1.81. The Balaban J connectivity index is 1.41. The Kier molecular flexibility index (Phi) is 7.89. The lowest BCUT2D eigenvalue weighted by atomic mass is 10.0. The van der Waals surface area contributed by atoms with Crippen molar-refractivity contribution in [3.63, 3.8) is 0 Å². The average molecular weight is 379 g/mol. The van der Waals surface area contributed by atoms with E-state index < -0.39 is 0 Å². The van der Waals surface area contributed by atoms with Gasteiger partial charge in [-0.05, 0) is 51.9 Å². The van der Waals surface area contributed by atoms with Crippen LogP contribution in [0.25, 0.3) is 0 Å². The smallest absolute Gasteiger partial charge is 0.191 e. The van der Waals surface area contributed by atoms with Crippen LogP contribution in [0.15, 0.2) is 4.99 Å². The van der Waals surface area contributed by atoms with Gasteiger partial charge in [0, 0.05) is 46.1 Å². The highest BCUT2D eigenvalue weighted by atomic mass is 16.5. The lowest BCUT2D eigenvalue weighted by molar-refractivity contribution is 0.0205. The molecule has 1 atom stereocenters. The topological polar surface area (TPSA) is 85.6 Å². The zero-order chi connectivity index (χ0) is 18.9. The zero-order valence-corrected chi connectivity index (χ0v) is 16.7. The van der Waals surface area contributed by atoms with Gasteiger partial charge in [0.05, 0.1) is 6.04 Å². The fourth-order valence-corrected chi connectivity index (χ4v) is 3.61. The van der Waals surface area contributed by atoms with Crippen LogP contribution in [-0.2, 0) is 16.0 Å². The molecule has 2 aliphatic rings. The Morgan fingerprint density at radius 2 is 2.19 bits per heavy atom. The largest absolute Gasteiger partial charge is 0.381 e. The van der Waals surface area contributed by atoms with Crippen LogP contribution in [-0.4, -0.2) is 60.2 Å². The Bertz CT molecular complexity index is 597. The summed E-state index contributed by atoms with van der Waals surface area (Å²) in [4.78, 5) is 9.30. The Hall–Kier alpha value is -1.67. The highest BCUT2D eigenvalue weighted by molar-refractivity contribution is 5.80. The van der Waals surface area contributed by atoms with E-state index in [9.17, 15) is 0 Å². The number of nitrogens with one attached hydrogen (secondary N) is 2. The summed E-state index contributed by atoms with van der Waals surface area (Å²) in [6.45, 7) is 9.94. The molecule has 2 aliphatic heterocycles. The van der Waals surface area contributed by atoms with E-state index in [1.807, 2.05) is 11.6 Å². The van der Waals surface area contributed by atoms with E-state index in [2.05, 4.69) is 27.6 Å². The summed E-state index contributed by atoms with van der Waals surface area (Å²) in [6.07, 6.45) is 5.33. The van der Waals surface area contributed by atoms with Crippen LogP contribution in [0.1, 0.15) is 56.7 Å². The first kappa shape index (κ1) is 20.1. The number of fused-ring (bicyclic) bond motifs is 1. The molecule has 0 amide bonds. The molecular formula is C19H34N6O2. The molecule has 0 radical (unpaired) electrons. The van der Waals surface area contributed by atoms with Gasteiger partial charge in [-0.2, -0.15) is 5.10 Å². The van der Waals surface area contributed by atoms with Crippen LogP contribution in [0.4, 0.5) is 0 Å². The molecule has 8 heteroatoms. The van der Waals surface area contributed by atoms with Gasteiger partial charge in [0.1, 0.15) is 11.6 Å². The van der Waals surface area contributed by atoms with Crippen LogP contribution >= 0.6 is 0 Å². The number of aliphatic imine (C=N–C) groups is 1. The number of aromatic nitrogens is 3. The molecule has 1 fully saturated rings. The molecule has 0 aliphatic carbocycles. The number of aryl methyl sites for hydroxylation is 2. The maximum Gasteiger partial charge on any atom is 0.191 e. The van der Waals surface area contributed by atoms with E-state index >= 15 is 0 Å². The van der Waals surface area contributed by atoms with Crippen LogP contribution in [0.2, 0.25) is 0 Å². The molecule has 3 heterocycles. The van der Waals surface area contributed by atoms with Gasteiger partial charge >= 0.3 is 0 Å². The second kappa shape index (κ2) is 10.6. The molecule has 1 aromatic heterocycles. The molecular weight excluding hydrogens is 344 g/mol. The molecule has 0 saturated carbocycles. The van der Waals surface area contributed by atoms with E-state index in [4.69, 9.17) is 14.5 Å². The van der Waals surface area contributed by atoms with E-state index in [1.165, 1.54) is 0 Å². The lowest BCUT2D eigenvalue weighted by Crippen LogP contribution is -2.41. The average Bonchev–Trinajstić information content (AvgIpc) is 3.07. The van der Waals surface area contributed by atoms with Crippen LogP contribution in [0.3, 0.4) is 0 Å². The third-order valence-corrected chi connectivity index (χ3v) is 5.05. The predicted molar refractivity (Wildman–Crippen MR) is 105 cm³/mol. The van der Waals surface area contributed by atoms with Crippen molar-refractivity contribution in [2.24, 2.45) is 10.9 Å². The van der Waals surface area contributed by atoms with Gasteiger partial charge in [0.25, 0.3) is 0 Å². The van der Waals surface area contributed by atoms with E-state index in [0.717, 1.165) is 95.8 Å². The molecule has 8 nitrogen and oxygen atoms in total. The lowest BCUT2D eigenvalue weighted by Gasteiger charge is -2.25. The second-order valence-corrected chi connectivity index (χ2v) is 7.32. The molecule has 0 aromatic carbocycles. The molecule has 2 N–H and O–H groups in total. The minimum Gasteiger partial charge on any atom is -0.381 e. The zero-order valence-electron chi connectivity index (χ0n) is 16.7. The summed E-state index contributed by atoms with van der Waals surface area (Å²) in [6, 6.07) is 0.169. The summed E-state index contributed by atoms with van der Waals surface area (Å²) >= 11 is 0. The van der Waals surface area contributed by atoms with E-state index in [0.29, 0.717) is 5.92 Å². The summed E-state index contributed by atoms with van der Waals surface area (Å²) < 4.78 is 13.2. The van der Waals surface area contributed by atoms with Crippen molar-refractivity contribution in [2.45, 2.75) is 58.5 Å². The molecule has 152 valence electrons. The Morgan fingerprint density at radius 1 is 1.33 bits per heavy atom. The third-order valence-electron chi connectivity index (χ3n) is 5.05. The minimum absolute atomic E-state index is 0.169. The molecule has 1 unspecified atom stereocenters. The monoisotopic (exact) mass is 378 g/mol. The van der Waals surface area contributed by atoms with Gasteiger partial charge in [-0.3, -0.25) is 4.99 Å². The maximum absolute atomic E-state index is 5.83. The van der Waals surface area contributed by atoms with Crippen LogP contribution < -0.4 is 10.6 Å². The van der Waals surface area contributed by atoms with Gasteiger partial charge in [-0.1, -0.05) is 0 Å². The quantitative estimate of drug-likeness (QED) is 0.408. The molecule has 1 aromatic rings. The van der Waals surface area contributed by atoms with Crippen molar-refractivity contribution < 1.29 is 9.47 Å². The maximum atomic E-state index is 5.83. The van der Waals surface area contributed by atoms with Gasteiger partial charge < -0.3 is 20.1 Å². The molecule has 1 saturated heterocycles. The summed E-state index contributed by atoms with van der Waals surface area (Å²) in [5, 5.41) is 11.3. The molecule has 0 spiro atoms. The number of hydrogen-bond donors (Lipinski definition) is 2. The fourth-order valence-electron chi connectivity index (χ4n) is 3.61. The van der Waals surface area contributed by atoms with Crippen molar-refractivity contribution >= 4 is 5.96 Å². The summed E-state index contributed by atoms with van der Waals surface area (Å²) in [7, 11) is 0. The second-order valence-electron chi connectivity index (χ2n) is 7.32. The first-order chi connectivity index (χ1) is 13.3. The van der Waals surface area contributed by atoms with Crippen molar-refractivity contribution in [1.82, 2.24) is 25.4 Å². The van der Waals surface area contributed by atoms with Crippen LogP contribution in [0, 0.1) is 12.8 Å². The number of nitrogens with zero attached hydrogens (tertiary/aromatic N) is 4.